The summed E-state index contributed by atoms with van der Waals surface area (Å²) >= 11 is 6.81. The molecule has 4 N–H and O–H groups in total. The summed E-state index contributed by atoms with van der Waals surface area (Å²) in [5.74, 6) is -0.291. The molecule has 2 aromatic rings. The molecule has 0 radical (unpaired) electrons. The molecule has 4 rings (SSSR count). The number of pyridine rings is 1. The van der Waals surface area contributed by atoms with E-state index < -0.39 is 11.4 Å². The predicted octanol–water partition coefficient (Wildman–Crippen LogP) is 3.45. The van der Waals surface area contributed by atoms with Crippen LogP contribution in [0.5, 0.6) is 5.75 Å². The Morgan fingerprint density at radius 3 is 2.50 bits per heavy atom. The molecule has 1 aromatic heterocycles. The molecule has 1 saturated heterocycles. The Hall–Kier alpha value is -2.25. The lowest BCUT2D eigenvalue weighted by atomic mass is 9.76. The van der Waals surface area contributed by atoms with Gasteiger partial charge in [-0.3, -0.25) is 4.79 Å². The van der Waals surface area contributed by atoms with Crippen molar-refractivity contribution in [3.05, 3.63) is 33.1 Å². The van der Waals surface area contributed by atoms with Gasteiger partial charge in [0.2, 0.25) is 5.43 Å². The summed E-state index contributed by atoms with van der Waals surface area (Å²) in [6.45, 7) is 7.74. The van der Waals surface area contributed by atoms with Crippen LogP contribution in [0.4, 0.5) is 5.69 Å². The lowest BCUT2D eigenvalue weighted by Gasteiger charge is -2.44. The fourth-order valence-corrected chi connectivity index (χ4v) is 5.63. The second-order valence-corrected chi connectivity index (χ2v) is 9.52. The average molecular weight is 434 g/mol. The number of halogens is 1. The van der Waals surface area contributed by atoms with Gasteiger partial charge in [0.1, 0.15) is 17.0 Å². The van der Waals surface area contributed by atoms with E-state index in [0.717, 1.165) is 12.8 Å². The molecule has 1 saturated carbocycles. The van der Waals surface area contributed by atoms with Crippen LogP contribution in [-0.4, -0.2) is 39.9 Å². The van der Waals surface area contributed by atoms with Crippen LogP contribution in [0, 0.1) is 17.8 Å². The molecular weight excluding hydrogens is 406 g/mol. The van der Waals surface area contributed by atoms with Crippen LogP contribution in [0.2, 0.25) is 5.02 Å². The summed E-state index contributed by atoms with van der Waals surface area (Å²) in [4.78, 5) is 26.4. The van der Waals surface area contributed by atoms with E-state index in [2.05, 4.69) is 20.8 Å². The quantitative estimate of drug-likeness (QED) is 0.681. The van der Waals surface area contributed by atoms with Crippen LogP contribution < -0.4 is 16.1 Å². The molecule has 2 aliphatic rings. The van der Waals surface area contributed by atoms with E-state index in [1.807, 2.05) is 4.90 Å². The maximum absolute atomic E-state index is 12.8. The maximum atomic E-state index is 12.8. The second-order valence-electron chi connectivity index (χ2n) is 9.14. The summed E-state index contributed by atoms with van der Waals surface area (Å²) in [5.41, 5.74) is 6.48. The van der Waals surface area contributed by atoms with Gasteiger partial charge < -0.3 is 25.4 Å². The van der Waals surface area contributed by atoms with Crippen molar-refractivity contribution in [1.29, 1.82) is 0 Å². The minimum Gasteiger partial charge on any atom is -0.506 e. The van der Waals surface area contributed by atoms with Crippen LogP contribution in [-0.2, 0) is 0 Å². The summed E-state index contributed by atoms with van der Waals surface area (Å²) < 4.78 is 1.79. The number of aromatic hydroxyl groups is 1. The minimum absolute atomic E-state index is 0.0695. The molecule has 8 heteroatoms. The molecule has 0 amide bonds. The van der Waals surface area contributed by atoms with Crippen LogP contribution >= 0.6 is 11.6 Å². The van der Waals surface area contributed by atoms with Crippen molar-refractivity contribution < 1.29 is 15.0 Å². The van der Waals surface area contributed by atoms with Gasteiger partial charge in [0, 0.05) is 31.4 Å². The number of piperidine rings is 1. The van der Waals surface area contributed by atoms with Crippen molar-refractivity contribution in [1.82, 2.24) is 4.57 Å². The SMILES string of the molecule is CC(C)[C@@H]1[C@H](N)CN(c2c(O)cc3c(=O)c(C(=O)O)cn(C4CC4)c3c2Cl)C[C@@H]1C. The molecule has 1 aliphatic carbocycles. The highest BCUT2D eigenvalue weighted by Gasteiger charge is 2.37. The molecule has 1 aromatic carbocycles. The number of carboxylic acids is 1. The number of phenolic OH excluding ortho intramolecular Hbond substituents is 1. The summed E-state index contributed by atoms with van der Waals surface area (Å²) in [5, 5.41) is 20.7. The fraction of sp³-hybridized carbons (Fsp3) is 0.545. The second kappa shape index (κ2) is 7.46. The number of fused-ring (bicyclic) bond motifs is 1. The zero-order valence-electron chi connectivity index (χ0n) is 17.4. The first-order chi connectivity index (χ1) is 14.1. The third-order valence-corrected chi connectivity index (χ3v) is 6.92. The standard InChI is InChI=1S/C22H28ClN3O4/c1-10(2)17-11(3)7-25(9-15(17)24)20-16(27)6-13-19(18(20)23)26(12-4-5-12)8-14(21(13)28)22(29)30/h6,8,10-12,15,17,27H,4-5,7,9,24H2,1-3H3,(H,29,30)/t11-,15+,17-/m0/s1. The molecule has 3 atom stereocenters. The van der Waals surface area contributed by atoms with E-state index in [1.165, 1.54) is 12.3 Å². The molecular formula is C22H28ClN3O4. The first-order valence-corrected chi connectivity index (χ1v) is 10.8. The van der Waals surface area contributed by atoms with E-state index in [4.69, 9.17) is 17.3 Å². The third-order valence-electron chi connectivity index (χ3n) is 6.56. The van der Waals surface area contributed by atoms with Crippen molar-refractivity contribution in [2.75, 3.05) is 18.0 Å². The summed E-state index contributed by atoms with van der Waals surface area (Å²) in [6, 6.07) is 1.39. The van der Waals surface area contributed by atoms with Gasteiger partial charge in [-0.1, -0.05) is 32.4 Å². The number of aromatic nitrogens is 1. The van der Waals surface area contributed by atoms with Crippen LogP contribution in [0.15, 0.2) is 17.1 Å². The lowest BCUT2D eigenvalue weighted by molar-refractivity contribution is 0.0695. The Morgan fingerprint density at radius 1 is 1.30 bits per heavy atom. The largest absolute Gasteiger partial charge is 0.506 e. The molecule has 162 valence electrons. The number of phenols is 1. The van der Waals surface area contributed by atoms with Crippen molar-refractivity contribution in [2.24, 2.45) is 23.5 Å². The molecule has 2 fully saturated rings. The minimum atomic E-state index is -1.29. The van der Waals surface area contributed by atoms with Gasteiger partial charge in [0.05, 0.1) is 15.9 Å². The van der Waals surface area contributed by atoms with Gasteiger partial charge in [-0.2, -0.15) is 0 Å². The normalized spacial score (nSPS) is 24.6. The van der Waals surface area contributed by atoms with Crippen LogP contribution in [0.3, 0.4) is 0 Å². The van der Waals surface area contributed by atoms with Gasteiger partial charge in [-0.15, -0.1) is 0 Å². The van der Waals surface area contributed by atoms with Crippen molar-refractivity contribution in [2.45, 2.75) is 45.7 Å². The number of hydrogen-bond donors (Lipinski definition) is 3. The van der Waals surface area contributed by atoms with Gasteiger partial charge in [-0.05, 0) is 36.7 Å². The first-order valence-electron chi connectivity index (χ1n) is 10.5. The zero-order chi connectivity index (χ0) is 21.9. The Labute approximate surface area is 180 Å². The molecule has 0 bridgehead atoms. The number of anilines is 1. The maximum Gasteiger partial charge on any atom is 0.341 e. The smallest absolute Gasteiger partial charge is 0.341 e. The van der Waals surface area contributed by atoms with Crippen LogP contribution in [0.1, 0.15) is 50.0 Å². The number of benzene rings is 1. The molecule has 2 heterocycles. The highest BCUT2D eigenvalue weighted by molar-refractivity contribution is 6.38. The van der Waals surface area contributed by atoms with Gasteiger partial charge in [0.15, 0.2) is 0 Å². The molecule has 0 spiro atoms. The fourth-order valence-electron chi connectivity index (χ4n) is 5.22. The van der Waals surface area contributed by atoms with Crippen molar-refractivity contribution >= 4 is 34.2 Å². The zero-order valence-corrected chi connectivity index (χ0v) is 18.2. The third kappa shape index (κ3) is 3.34. The average Bonchev–Trinajstić information content (AvgIpc) is 3.46. The Kier molecular flexibility index (Phi) is 5.22. The van der Waals surface area contributed by atoms with E-state index in [9.17, 15) is 19.8 Å². The van der Waals surface area contributed by atoms with E-state index >= 15 is 0 Å². The van der Waals surface area contributed by atoms with Crippen molar-refractivity contribution in [3.8, 4) is 5.75 Å². The Balaban J connectivity index is 1.89. The number of nitrogens with zero attached hydrogens (tertiary/aromatic N) is 2. The number of rotatable bonds is 4. The molecule has 0 unspecified atom stereocenters. The number of nitrogens with two attached hydrogens (primary N) is 1. The highest BCUT2D eigenvalue weighted by atomic mass is 35.5. The summed E-state index contributed by atoms with van der Waals surface area (Å²) in [7, 11) is 0. The summed E-state index contributed by atoms with van der Waals surface area (Å²) in [6.07, 6.45) is 3.17. The number of aromatic carboxylic acids is 1. The predicted molar refractivity (Wildman–Crippen MR) is 118 cm³/mol. The topological polar surface area (TPSA) is 109 Å². The highest BCUT2D eigenvalue weighted by Crippen LogP contribution is 2.46. The van der Waals surface area contributed by atoms with E-state index in [0.29, 0.717) is 42.0 Å². The van der Waals surface area contributed by atoms with Crippen molar-refractivity contribution in [3.63, 3.8) is 0 Å². The molecule has 7 nitrogen and oxygen atoms in total. The van der Waals surface area contributed by atoms with Gasteiger partial charge >= 0.3 is 5.97 Å². The van der Waals surface area contributed by atoms with Crippen LogP contribution in [0.25, 0.3) is 10.9 Å². The monoisotopic (exact) mass is 433 g/mol. The lowest BCUT2D eigenvalue weighted by Crippen LogP contribution is -2.54. The van der Waals surface area contributed by atoms with Gasteiger partial charge in [0.25, 0.3) is 0 Å². The Morgan fingerprint density at radius 2 is 1.97 bits per heavy atom. The molecule has 30 heavy (non-hydrogen) atoms. The number of carbonyl (C=O) groups is 1. The number of hydrogen-bond acceptors (Lipinski definition) is 5. The Bertz CT molecular complexity index is 1060. The molecule has 1 aliphatic heterocycles. The van der Waals surface area contributed by atoms with E-state index in [-0.39, 0.29) is 33.8 Å². The van der Waals surface area contributed by atoms with Gasteiger partial charge in [-0.25, -0.2) is 4.79 Å². The number of carboxylic acid groups (broad SMARTS) is 1. The van der Waals surface area contributed by atoms with E-state index in [1.54, 1.807) is 4.57 Å². The first kappa shape index (κ1) is 21.0.